The highest BCUT2D eigenvalue weighted by molar-refractivity contribution is 5.76. The lowest BCUT2D eigenvalue weighted by Gasteiger charge is -2.46. The Labute approximate surface area is 413 Å². The molecular formula is C54H105NO13. The van der Waals surface area contributed by atoms with Crippen molar-refractivity contribution in [1.82, 2.24) is 5.32 Å². The van der Waals surface area contributed by atoms with E-state index in [2.05, 4.69) is 19.2 Å². The zero-order chi connectivity index (χ0) is 49.6. The fourth-order valence-electron chi connectivity index (χ4n) is 9.71. The zero-order valence-electron chi connectivity index (χ0n) is 43.1. The molecule has 0 bridgehead atoms. The Hall–Kier alpha value is -1.01. The van der Waals surface area contributed by atoms with Gasteiger partial charge in [0.05, 0.1) is 32.0 Å². The lowest BCUT2D eigenvalue weighted by atomic mass is 9.97. The van der Waals surface area contributed by atoms with Crippen molar-refractivity contribution >= 4 is 5.91 Å². The van der Waals surface area contributed by atoms with Gasteiger partial charge in [0.1, 0.15) is 48.8 Å². The summed E-state index contributed by atoms with van der Waals surface area (Å²) in [5, 5.41) is 86.8. The SMILES string of the molecule is CCCCCCCCCCCCCCCCCCCCCCCCCCCCC(=O)NC(COC1OC(CO)C(OC2OC(CO)C(O)C(O)C2O)C(O)C1O)C(O)CCCCCCCCCC. The summed E-state index contributed by atoms with van der Waals surface area (Å²) < 4.78 is 22.7. The molecule has 2 fully saturated rings. The smallest absolute Gasteiger partial charge is 0.220 e. The molecule has 12 atom stereocenters. The third-order valence-electron chi connectivity index (χ3n) is 14.3. The van der Waals surface area contributed by atoms with Crippen molar-refractivity contribution in [1.29, 1.82) is 0 Å². The van der Waals surface area contributed by atoms with E-state index in [0.29, 0.717) is 12.8 Å². The highest BCUT2D eigenvalue weighted by Gasteiger charge is 2.51. The van der Waals surface area contributed by atoms with Crippen LogP contribution in [-0.4, -0.2) is 140 Å². The minimum atomic E-state index is -1.78. The molecule has 404 valence electrons. The molecule has 2 saturated heterocycles. The molecule has 2 aliphatic heterocycles. The van der Waals surface area contributed by atoms with Crippen molar-refractivity contribution in [3.8, 4) is 0 Å². The van der Waals surface area contributed by atoms with E-state index in [1.54, 1.807) is 0 Å². The van der Waals surface area contributed by atoms with Crippen LogP contribution in [0.4, 0.5) is 0 Å². The van der Waals surface area contributed by atoms with Gasteiger partial charge in [0, 0.05) is 6.42 Å². The fourth-order valence-corrected chi connectivity index (χ4v) is 9.71. The highest BCUT2D eigenvalue weighted by Crippen LogP contribution is 2.30. The van der Waals surface area contributed by atoms with Crippen LogP contribution in [0.2, 0.25) is 0 Å². The van der Waals surface area contributed by atoms with Gasteiger partial charge >= 0.3 is 0 Å². The Kier molecular flexibility index (Phi) is 38.5. The number of amides is 1. The quantitative estimate of drug-likeness (QED) is 0.0261. The fraction of sp³-hybridized carbons (Fsp3) is 0.981. The topological polar surface area (TPSA) is 228 Å². The lowest BCUT2D eigenvalue weighted by Crippen LogP contribution is -2.65. The first kappa shape index (κ1) is 63.1. The van der Waals surface area contributed by atoms with Gasteiger partial charge in [0.25, 0.3) is 0 Å². The van der Waals surface area contributed by atoms with Gasteiger partial charge in [-0.25, -0.2) is 0 Å². The summed E-state index contributed by atoms with van der Waals surface area (Å²) in [5.41, 5.74) is 0. The van der Waals surface area contributed by atoms with Gasteiger partial charge in [-0.3, -0.25) is 4.79 Å². The summed E-state index contributed by atoms with van der Waals surface area (Å²) in [4.78, 5) is 13.2. The van der Waals surface area contributed by atoms with Crippen LogP contribution in [0.3, 0.4) is 0 Å². The third kappa shape index (κ3) is 27.7. The van der Waals surface area contributed by atoms with Crippen LogP contribution in [-0.2, 0) is 23.7 Å². The molecule has 0 radical (unpaired) electrons. The standard InChI is InChI=1S/C54H105NO13/c1-3-5-7-9-11-13-14-15-16-17-18-19-20-21-22-23-24-25-26-27-28-29-30-32-34-36-38-46(59)55-42(43(58)37-35-33-31-12-10-8-6-4-2)41-65-53-51(64)49(62)52(45(40-57)67-53)68-54-50(63)48(61)47(60)44(39-56)66-54/h42-45,47-54,56-58,60-64H,3-41H2,1-2H3,(H,55,59). The second-order valence-electron chi connectivity index (χ2n) is 20.4. The molecule has 12 unspecified atom stereocenters. The predicted molar refractivity (Wildman–Crippen MR) is 268 cm³/mol. The van der Waals surface area contributed by atoms with E-state index in [9.17, 15) is 45.6 Å². The molecule has 68 heavy (non-hydrogen) atoms. The number of rotatable bonds is 45. The number of hydrogen-bond acceptors (Lipinski definition) is 13. The van der Waals surface area contributed by atoms with Crippen LogP contribution in [0.1, 0.15) is 245 Å². The average molecular weight is 976 g/mol. The molecule has 1 amide bonds. The molecule has 2 heterocycles. The number of hydrogen-bond donors (Lipinski definition) is 9. The normalized spacial score (nSPS) is 26.3. The first-order valence-electron chi connectivity index (χ1n) is 28.3. The number of ether oxygens (including phenoxy) is 4. The molecule has 14 heteroatoms. The lowest BCUT2D eigenvalue weighted by molar-refractivity contribution is -0.359. The average Bonchev–Trinajstić information content (AvgIpc) is 3.34. The second kappa shape index (κ2) is 41.5. The molecule has 0 saturated carbocycles. The summed E-state index contributed by atoms with van der Waals surface area (Å²) in [5.74, 6) is -0.204. The maximum Gasteiger partial charge on any atom is 0.220 e. The molecule has 0 aliphatic carbocycles. The van der Waals surface area contributed by atoms with E-state index in [1.807, 2.05) is 0 Å². The Morgan fingerprint density at radius 3 is 1.25 bits per heavy atom. The molecular weight excluding hydrogens is 871 g/mol. The van der Waals surface area contributed by atoms with Crippen molar-refractivity contribution < 1.29 is 64.6 Å². The monoisotopic (exact) mass is 976 g/mol. The van der Waals surface area contributed by atoms with Crippen LogP contribution in [0.25, 0.3) is 0 Å². The first-order valence-corrected chi connectivity index (χ1v) is 28.3. The van der Waals surface area contributed by atoms with Crippen molar-refractivity contribution in [3.63, 3.8) is 0 Å². The van der Waals surface area contributed by atoms with Gasteiger partial charge in [0.15, 0.2) is 12.6 Å². The van der Waals surface area contributed by atoms with Gasteiger partial charge in [-0.1, -0.05) is 226 Å². The molecule has 0 aromatic carbocycles. The van der Waals surface area contributed by atoms with E-state index >= 15 is 0 Å². The summed E-state index contributed by atoms with van der Waals surface area (Å²) in [6, 6.07) is -0.820. The van der Waals surface area contributed by atoms with Crippen LogP contribution < -0.4 is 5.32 Å². The number of carbonyl (C=O) groups is 1. The molecule has 0 aromatic rings. The summed E-state index contributed by atoms with van der Waals surface area (Å²) in [7, 11) is 0. The van der Waals surface area contributed by atoms with E-state index in [0.717, 1.165) is 51.4 Å². The number of carbonyl (C=O) groups excluding carboxylic acids is 1. The molecule has 0 spiro atoms. The summed E-state index contributed by atoms with van der Waals surface area (Å²) in [6.45, 7) is 2.84. The first-order chi connectivity index (χ1) is 33.1. The van der Waals surface area contributed by atoms with Crippen molar-refractivity contribution in [2.45, 2.75) is 319 Å². The zero-order valence-corrected chi connectivity index (χ0v) is 43.1. The summed E-state index contributed by atoms with van der Waals surface area (Å²) in [6.07, 6.45) is 27.2. The molecule has 2 aliphatic rings. The van der Waals surface area contributed by atoms with Gasteiger partial charge in [-0.2, -0.15) is 0 Å². The Bertz CT molecular complexity index is 1150. The van der Waals surface area contributed by atoms with Crippen molar-refractivity contribution in [2.75, 3.05) is 19.8 Å². The van der Waals surface area contributed by atoms with Crippen LogP contribution >= 0.6 is 0 Å². The summed E-state index contributed by atoms with van der Waals surface area (Å²) >= 11 is 0. The van der Waals surface area contributed by atoms with Crippen molar-refractivity contribution in [3.05, 3.63) is 0 Å². The van der Waals surface area contributed by atoms with E-state index in [-0.39, 0.29) is 12.5 Å². The van der Waals surface area contributed by atoms with Gasteiger partial charge in [-0.05, 0) is 12.8 Å². The van der Waals surface area contributed by atoms with Crippen LogP contribution in [0.5, 0.6) is 0 Å². The Balaban J connectivity index is 1.65. The third-order valence-corrected chi connectivity index (χ3v) is 14.3. The van der Waals surface area contributed by atoms with Gasteiger partial charge < -0.3 is 65.1 Å². The predicted octanol–water partition coefficient (Wildman–Crippen LogP) is 8.56. The van der Waals surface area contributed by atoms with Crippen LogP contribution in [0.15, 0.2) is 0 Å². The molecule has 14 nitrogen and oxygen atoms in total. The minimum absolute atomic E-state index is 0.204. The highest BCUT2D eigenvalue weighted by atomic mass is 16.7. The van der Waals surface area contributed by atoms with E-state index < -0.39 is 86.8 Å². The maximum atomic E-state index is 13.2. The molecule has 0 aromatic heterocycles. The number of nitrogens with one attached hydrogen (secondary N) is 1. The number of aliphatic hydroxyl groups excluding tert-OH is 8. The van der Waals surface area contributed by atoms with E-state index in [4.69, 9.17) is 18.9 Å². The minimum Gasteiger partial charge on any atom is -0.394 e. The number of unbranched alkanes of at least 4 members (excludes halogenated alkanes) is 32. The van der Waals surface area contributed by atoms with Gasteiger partial charge in [0.2, 0.25) is 5.91 Å². The maximum absolute atomic E-state index is 13.2. The number of aliphatic hydroxyl groups is 8. The van der Waals surface area contributed by atoms with Crippen LogP contribution in [0, 0.1) is 0 Å². The van der Waals surface area contributed by atoms with E-state index in [1.165, 1.54) is 167 Å². The molecule has 2 rings (SSSR count). The Morgan fingerprint density at radius 1 is 0.471 bits per heavy atom. The van der Waals surface area contributed by atoms with Gasteiger partial charge in [-0.15, -0.1) is 0 Å². The van der Waals surface area contributed by atoms with Crippen molar-refractivity contribution in [2.24, 2.45) is 0 Å². The second-order valence-corrected chi connectivity index (χ2v) is 20.4. The molecule has 9 N–H and O–H groups in total. The Morgan fingerprint density at radius 2 is 0.838 bits per heavy atom. The largest absolute Gasteiger partial charge is 0.394 e.